The van der Waals surface area contributed by atoms with Crippen molar-refractivity contribution in [1.29, 1.82) is 0 Å². The maximum atomic E-state index is 6.00. The van der Waals surface area contributed by atoms with Gasteiger partial charge in [-0.2, -0.15) is 5.10 Å². The van der Waals surface area contributed by atoms with Gasteiger partial charge < -0.3 is 11.6 Å². The third-order valence-corrected chi connectivity index (χ3v) is 3.63. The first-order valence-electron chi connectivity index (χ1n) is 7.09. The molecule has 3 heteroatoms. The maximum Gasteiger partial charge on any atom is 0.150 e. The molecule has 22 heavy (non-hydrogen) atoms. The highest BCUT2D eigenvalue weighted by Crippen LogP contribution is 2.34. The summed E-state index contributed by atoms with van der Waals surface area (Å²) < 4.78 is 0. The number of hydrazone groups is 1. The van der Waals surface area contributed by atoms with Crippen LogP contribution in [0.1, 0.15) is 5.56 Å². The Kier molecular flexibility index (Phi) is 3.88. The van der Waals surface area contributed by atoms with Crippen LogP contribution in [0.2, 0.25) is 0 Å². The fourth-order valence-corrected chi connectivity index (χ4v) is 2.61. The number of hydrogen-bond donors (Lipinski definition) is 2. The number of amidine groups is 1. The molecule has 3 aromatic rings. The summed E-state index contributed by atoms with van der Waals surface area (Å²) in [5, 5.41) is 3.67. The molecule has 3 rings (SSSR count). The van der Waals surface area contributed by atoms with Crippen LogP contribution in [-0.2, 0) is 0 Å². The second kappa shape index (κ2) is 6.14. The molecule has 0 saturated heterocycles. The van der Waals surface area contributed by atoms with Crippen molar-refractivity contribution >= 4 is 5.84 Å². The standard InChI is InChI=1S/C19H17N3/c20-19(22-21)17-13-7-12-16(14-8-3-1-4-9-14)18(17)15-10-5-2-6-11-15/h1-13H,21H2,(H2,20,22). The number of nitrogens with two attached hydrogens (primary N) is 2. The van der Waals surface area contributed by atoms with E-state index in [2.05, 4.69) is 35.4 Å². The molecule has 0 aliphatic carbocycles. The van der Waals surface area contributed by atoms with Gasteiger partial charge >= 0.3 is 0 Å². The lowest BCUT2D eigenvalue weighted by molar-refractivity contribution is 1.23. The monoisotopic (exact) mass is 287 g/mol. The van der Waals surface area contributed by atoms with Crippen molar-refractivity contribution in [2.75, 3.05) is 0 Å². The van der Waals surface area contributed by atoms with Crippen LogP contribution in [0.4, 0.5) is 0 Å². The topological polar surface area (TPSA) is 64.4 Å². The molecule has 0 unspecified atom stereocenters. The summed E-state index contributed by atoms with van der Waals surface area (Å²) in [4.78, 5) is 0. The van der Waals surface area contributed by atoms with Crippen molar-refractivity contribution in [2.24, 2.45) is 16.7 Å². The molecular weight excluding hydrogens is 270 g/mol. The molecule has 0 amide bonds. The molecule has 0 radical (unpaired) electrons. The van der Waals surface area contributed by atoms with E-state index >= 15 is 0 Å². The quantitative estimate of drug-likeness (QED) is 0.334. The highest BCUT2D eigenvalue weighted by Gasteiger charge is 2.14. The molecular formula is C19H17N3. The number of rotatable bonds is 3. The predicted molar refractivity (Wildman–Crippen MR) is 92.2 cm³/mol. The Morgan fingerprint density at radius 2 is 1.27 bits per heavy atom. The van der Waals surface area contributed by atoms with Crippen molar-refractivity contribution < 1.29 is 0 Å². The van der Waals surface area contributed by atoms with Gasteiger partial charge in [-0.3, -0.25) is 0 Å². The van der Waals surface area contributed by atoms with Gasteiger partial charge in [-0.1, -0.05) is 78.9 Å². The summed E-state index contributed by atoms with van der Waals surface area (Å²) in [5.41, 5.74) is 11.2. The molecule has 4 N–H and O–H groups in total. The number of nitrogens with zero attached hydrogens (tertiary/aromatic N) is 1. The Labute approximate surface area is 129 Å². The summed E-state index contributed by atoms with van der Waals surface area (Å²) >= 11 is 0. The highest BCUT2D eigenvalue weighted by molar-refractivity contribution is 6.06. The lowest BCUT2D eigenvalue weighted by Crippen LogP contribution is -2.17. The molecule has 3 nitrogen and oxygen atoms in total. The van der Waals surface area contributed by atoms with Gasteiger partial charge in [0.1, 0.15) is 0 Å². The van der Waals surface area contributed by atoms with Crippen LogP contribution in [0, 0.1) is 0 Å². The first-order valence-corrected chi connectivity index (χ1v) is 7.09. The molecule has 3 aromatic carbocycles. The van der Waals surface area contributed by atoms with Crippen molar-refractivity contribution in [3.05, 3.63) is 84.4 Å². The van der Waals surface area contributed by atoms with Gasteiger partial charge in [0.25, 0.3) is 0 Å². The normalized spacial score (nSPS) is 11.4. The summed E-state index contributed by atoms with van der Waals surface area (Å²) in [6, 6.07) is 26.4. The molecule has 0 aliphatic heterocycles. The Bertz CT molecular complexity index is 793. The Hall–Kier alpha value is -3.07. The predicted octanol–water partition coefficient (Wildman–Crippen LogP) is 3.60. The second-order valence-corrected chi connectivity index (χ2v) is 4.97. The summed E-state index contributed by atoms with van der Waals surface area (Å²) in [6.07, 6.45) is 0. The number of hydrogen-bond acceptors (Lipinski definition) is 2. The fourth-order valence-electron chi connectivity index (χ4n) is 2.61. The van der Waals surface area contributed by atoms with E-state index in [0.717, 1.165) is 27.8 Å². The zero-order chi connectivity index (χ0) is 15.4. The lowest BCUT2D eigenvalue weighted by atomic mass is 9.90. The van der Waals surface area contributed by atoms with Crippen LogP contribution in [0.5, 0.6) is 0 Å². The second-order valence-electron chi connectivity index (χ2n) is 4.97. The van der Waals surface area contributed by atoms with E-state index in [1.54, 1.807) is 0 Å². The van der Waals surface area contributed by atoms with Crippen LogP contribution in [0.15, 0.2) is 84.0 Å². The molecule has 0 bridgehead atoms. The van der Waals surface area contributed by atoms with Gasteiger partial charge in [0.2, 0.25) is 0 Å². The third-order valence-electron chi connectivity index (χ3n) is 3.63. The van der Waals surface area contributed by atoms with Gasteiger partial charge in [-0.15, -0.1) is 0 Å². The van der Waals surface area contributed by atoms with E-state index in [9.17, 15) is 0 Å². The summed E-state index contributed by atoms with van der Waals surface area (Å²) in [6.45, 7) is 0. The summed E-state index contributed by atoms with van der Waals surface area (Å²) in [7, 11) is 0. The minimum Gasteiger partial charge on any atom is -0.382 e. The van der Waals surface area contributed by atoms with E-state index in [1.807, 2.05) is 48.5 Å². The van der Waals surface area contributed by atoms with Gasteiger partial charge in [-0.05, 0) is 16.7 Å². The van der Waals surface area contributed by atoms with Gasteiger partial charge in [0.05, 0.1) is 0 Å². The largest absolute Gasteiger partial charge is 0.382 e. The average Bonchev–Trinajstić information content (AvgIpc) is 2.62. The first-order chi connectivity index (χ1) is 10.8. The molecule has 0 fully saturated rings. The van der Waals surface area contributed by atoms with E-state index in [-0.39, 0.29) is 0 Å². The van der Waals surface area contributed by atoms with Crippen LogP contribution in [0.25, 0.3) is 22.3 Å². The lowest BCUT2D eigenvalue weighted by Gasteiger charge is -2.15. The average molecular weight is 287 g/mol. The van der Waals surface area contributed by atoms with Gasteiger partial charge in [0, 0.05) is 11.1 Å². The first kappa shape index (κ1) is 13.9. The van der Waals surface area contributed by atoms with Gasteiger partial charge in [0.15, 0.2) is 5.84 Å². The molecule has 0 aliphatic rings. The van der Waals surface area contributed by atoms with Crippen molar-refractivity contribution in [1.82, 2.24) is 0 Å². The highest BCUT2D eigenvalue weighted by atomic mass is 15.2. The molecule has 108 valence electrons. The zero-order valence-corrected chi connectivity index (χ0v) is 12.1. The van der Waals surface area contributed by atoms with Crippen molar-refractivity contribution in [3.8, 4) is 22.3 Å². The molecule has 0 aromatic heterocycles. The van der Waals surface area contributed by atoms with E-state index in [1.165, 1.54) is 0 Å². The van der Waals surface area contributed by atoms with Crippen LogP contribution in [-0.4, -0.2) is 5.84 Å². The smallest absolute Gasteiger partial charge is 0.150 e. The maximum absolute atomic E-state index is 6.00. The molecule has 0 heterocycles. The van der Waals surface area contributed by atoms with Crippen molar-refractivity contribution in [2.45, 2.75) is 0 Å². The molecule has 0 saturated carbocycles. The fraction of sp³-hybridized carbons (Fsp3) is 0. The van der Waals surface area contributed by atoms with E-state index in [4.69, 9.17) is 11.6 Å². The van der Waals surface area contributed by atoms with Crippen LogP contribution in [0.3, 0.4) is 0 Å². The van der Waals surface area contributed by atoms with Gasteiger partial charge in [-0.25, -0.2) is 0 Å². The van der Waals surface area contributed by atoms with Crippen molar-refractivity contribution in [3.63, 3.8) is 0 Å². The molecule has 0 atom stereocenters. The van der Waals surface area contributed by atoms with E-state index in [0.29, 0.717) is 5.84 Å². The minimum atomic E-state index is 0.330. The minimum absolute atomic E-state index is 0.330. The SMILES string of the molecule is NN=C(N)c1cccc(-c2ccccc2)c1-c1ccccc1. The van der Waals surface area contributed by atoms with E-state index < -0.39 is 0 Å². The Morgan fingerprint density at radius 1 is 0.682 bits per heavy atom. The Balaban J connectivity index is 2.32. The van der Waals surface area contributed by atoms with Crippen LogP contribution >= 0.6 is 0 Å². The Morgan fingerprint density at radius 3 is 1.86 bits per heavy atom. The zero-order valence-electron chi connectivity index (χ0n) is 12.1. The van der Waals surface area contributed by atoms with Crippen LogP contribution < -0.4 is 11.6 Å². The summed E-state index contributed by atoms with van der Waals surface area (Å²) in [5.74, 6) is 5.73. The number of benzene rings is 3. The third kappa shape index (κ3) is 2.56. The molecule has 0 spiro atoms.